The molecule has 0 bridgehead atoms. The van der Waals surface area contributed by atoms with E-state index in [0.717, 1.165) is 28.7 Å². The van der Waals surface area contributed by atoms with Crippen LogP contribution in [0, 0.1) is 13.8 Å². The van der Waals surface area contributed by atoms with Crippen LogP contribution in [-0.4, -0.2) is 28.8 Å². The van der Waals surface area contributed by atoms with Crippen LogP contribution >= 0.6 is 11.6 Å². The highest BCUT2D eigenvalue weighted by atomic mass is 35.5. The van der Waals surface area contributed by atoms with Gasteiger partial charge in [-0.3, -0.25) is 9.59 Å². The predicted molar refractivity (Wildman–Crippen MR) is 119 cm³/mol. The van der Waals surface area contributed by atoms with Gasteiger partial charge in [0.25, 0.3) is 0 Å². The molecule has 0 aliphatic heterocycles. The molecule has 2 atom stereocenters. The maximum atomic E-state index is 13.3. The summed E-state index contributed by atoms with van der Waals surface area (Å²) in [7, 11) is 0. The largest absolute Gasteiger partial charge is 0.352 e. The Kier molecular flexibility index (Phi) is 8.27. The third kappa shape index (κ3) is 6.60. The molecule has 0 aliphatic rings. The number of nitrogens with one attached hydrogen (secondary N) is 1. The van der Waals surface area contributed by atoms with E-state index in [4.69, 9.17) is 11.6 Å². The van der Waals surface area contributed by atoms with Crippen LogP contribution in [0.5, 0.6) is 0 Å². The molecule has 0 heterocycles. The van der Waals surface area contributed by atoms with Crippen molar-refractivity contribution in [1.29, 1.82) is 0 Å². The van der Waals surface area contributed by atoms with Crippen LogP contribution in [0.2, 0.25) is 5.02 Å². The average Bonchev–Trinajstić information content (AvgIpc) is 2.65. The fourth-order valence-corrected chi connectivity index (χ4v) is 3.50. The SMILES string of the molecule is CC[C@H](C)NC(=O)[C@@H](C)N(Cc1ccccc1Cl)C(=O)Cc1cc(C)cc(C)c1. The Balaban J connectivity index is 2.28. The number of rotatable bonds is 8. The lowest BCUT2D eigenvalue weighted by molar-refractivity contribution is -0.140. The molecule has 2 aromatic carbocycles. The number of carbonyl (C=O) groups excluding carboxylic acids is 2. The Morgan fingerprint density at radius 3 is 2.28 bits per heavy atom. The first kappa shape index (κ1) is 23.0. The molecule has 2 amide bonds. The van der Waals surface area contributed by atoms with E-state index >= 15 is 0 Å². The Hall–Kier alpha value is -2.33. The number of halogens is 1. The maximum Gasteiger partial charge on any atom is 0.242 e. The summed E-state index contributed by atoms with van der Waals surface area (Å²) in [6.45, 7) is 10.1. The van der Waals surface area contributed by atoms with Gasteiger partial charge < -0.3 is 10.2 Å². The molecular weight excluding hydrogens is 384 g/mol. The molecule has 156 valence electrons. The molecular formula is C24H31ClN2O2. The average molecular weight is 415 g/mol. The molecule has 0 aromatic heterocycles. The number of aryl methyl sites for hydroxylation is 2. The molecule has 0 fully saturated rings. The summed E-state index contributed by atoms with van der Waals surface area (Å²) in [5.41, 5.74) is 4.01. The van der Waals surface area contributed by atoms with E-state index in [1.165, 1.54) is 0 Å². The van der Waals surface area contributed by atoms with Crippen LogP contribution in [0.1, 0.15) is 49.4 Å². The first-order chi connectivity index (χ1) is 13.7. The second-order valence-electron chi connectivity index (χ2n) is 7.78. The summed E-state index contributed by atoms with van der Waals surface area (Å²) in [5.74, 6) is -0.248. The van der Waals surface area contributed by atoms with Crippen molar-refractivity contribution in [2.45, 2.75) is 66.1 Å². The van der Waals surface area contributed by atoms with Crippen molar-refractivity contribution >= 4 is 23.4 Å². The molecule has 2 aromatic rings. The highest BCUT2D eigenvalue weighted by Crippen LogP contribution is 2.20. The second-order valence-corrected chi connectivity index (χ2v) is 8.19. The fourth-order valence-electron chi connectivity index (χ4n) is 3.31. The third-order valence-electron chi connectivity index (χ3n) is 5.10. The molecule has 29 heavy (non-hydrogen) atoms. The number of hydrogen-bond donors (Lipinski definition) is 1. The zero-order chi connectivity index (χ0) is 21.6. The summed E-state index contributed by atoms with van der Waals surface area (Å²) in [4.78, 5) is 27.6. The van der Waals surface area contributed by atoms with Gasteiger partial charge in [0.05, 0.1) is 6.42 Å². The first-order valence-electron chi connectivity index (χ1n) is 10.1. The Bertz CT molecular complexity index is 845. The quantitative estimate of drug-likeness (QED) is 0.672. The van der Waals surface area contributed by atoms with Crippen LogP contribution in [0.3, 0.4) is 0 Å². The number of carbonyl (C=O) groups is 2. The molecule has 0 saturated heterocycles. The number of nitrogens with zero attached hydrogens (tertiary/aromatic N) is 1. The molecule has 0 radical (unpaired) electrons. The molecule has 1 N–H and O–H groups in total. The molecule has 5 heteroatoms. The number of hydrogen-bond acceptors (Lipinski definition) is 2. The highest BCUT2D eigenvalue weighted by Gasteiger charge is 2.27. The van der Waals surface area contributed by atoms with Gasteiger partial charge in [-0.15, -0.1) is 0 Å². The van der Waals surface area contributed by atoms with Crippen molar-refractivity contribution in [3.63, 3.8) is 0 Å². The van der Waals surface area contributed by atoms with Crippen LogP contribution in [0.15, 0.2) is 42.5 Å². The topological polar surface area (TPSA) is 49.4 Å². The minimum atomic E-state index is -0.598. The van der Waals surface area contributed by atoms with Crippen molar-refractivity contribution in [2.75, 3.05) is 0 Å². The van der Waals surface area contributed by atoms with Gasteiger partial charge in [-0.05, 0) is 51.3 Å². The third-order valence-corrected chi connectivity index (χ3v) is 5.47. The van der Waals surface area contributed by atoms with E-state index in [2.05, 4.69) is 11.4 Å². The molecule has 2 rings (SSSR count). The zero-order valence-corrected chi connectivity index (χ0v) is 18.7. The lowest BCUT2D eigenvalue weighted by Gasteiger charge is -2.30. The van der Waals surface area contributed by atoms with E-state index < -0.39 is 6.04 Å². The maximum absolute atomic E-state index is 13.3. The Morgan fingerprint density at radius 2 is 1.69 bits per heavy atom. The van der Waals surface area contributed by atoms with Crippen molar-refractivity contribution in [3.8, 4) is 0 Å². The summed E-state index contributed by atoms with van der Waals surface area (Å²) >= 11 is 6.33. The monoisotopic (exact) mass is 414 g/mol. The van der Waals surface area contributed by atoms with E-state index in [1.54, 1.807) is 17.9 Å². The van der Waals surface area contributed by atoms with Gasteiger partial charge in [-0.25, -0.2) is 0 Å². The summed E-state index contributed by atoms with van der Waals surface area (Å²) in [6.07, 6.45) is 1.08. The minimum absolute atomic E-state index is 0.0571. The molecule has 4 nitrogen and oxygen atoms in total. The van der Waals surface area contributed by atoms with E-state index in [-0.39, 0.29) is 24.3 Å². The fraction of sp³-hybridized carbons (Fsp3) is 0.417. The van der Waals surface area contributed by atoms with Gasteiger partial charge in [0.15, 0.2) is 0 Å². The van der Waals surface area contributed by atoms with Crippen LogP contribution in [-0.2, 0) is 22.6 Å². The smallest absolute Gasteiger partial charge is 0.242 e. The van der Waals surface area contributed by atoms with Crippen molar-refractivity contribution in [3.05, 3.63) is 69.7 Å². The summed E-state index contributed by atoms with van der Waals surface area (Å²) < 4.78 is 0. The molecule has 0 saturated carbocycles. The predicted octanol–water partition coefficient (Wildman–Crippen LogP) is 4.83. The van der Waals surface area contributed by atoms with Crippen LogP contribution in [0.4, 0.5) is 0 Å². The van der Waals surface area contributed by atoms with Gasteiger partial charge in [0.2, 0.25) is 11.8 Å². The normalized spacial score (nSPS) is 12.9. The number of benzene rings is 2. The summed E-state index contributed by atoms with van der Waals surface area (Å²) in [5, 5.41) is 3.57. The van der Waals surface area contributed by atoms with Crippen LogP contribution < -0.4 is 5.32 Å². The Morgan fingerprint density at radius 1 is 1.07 bits per heavy atom. The molecule has 0 aliphatic carbocycles. The lowest BCUT2D eigenvalue weighted by Crippen LogP contribution is -2.50. The van der Waals surface area contributed by atoms with Crippen molar-refractivity contribution < 1.29 is 9.59 Å². The first-order valence-corrected chi connectivity index (χ1v) is 10.5. The second kappa shape index (κ2) is 10.4. The van der Waals surface area contributed by atoms with E-state index in [9.17, 15) is 9.59 Å². The van der Waals surface area contributed by atoms with Gasteiger partial charge in [0.1, 0.15) is 6.04 Å². The highest BCUT2D eigenvalue weighted by molar-refractivity contribution is 6.31. The zero-order valence-electron chi connectivity index (χ0n) is 18.0. The van der Waals surface area contributed by atoms with E-state index in [0.29, 0.717) is 11.6 Å². The van der Waals surface area contributed by atoms with Crippen molar-refractivity contribution in [2.24, 2.45) is 0 Å². The van der Waals surface area contributed by atoms with Gasteiger partial charge in [-0.1, -0.05) is 66.0 Å². The van der Waals surface area contributed by atoms with E-state index in [1.807, 2.05) is 58.0 Å². The van der Waals surface area contributed by atoms with Crippen molar-refractivity contribution in [1.82, 2.24) is 10.2 Å². The Labute approximate surface area is 179 Å². The van der Waals surface area contributed by atoms with Gasteiger partial charge in [-0.2, -0.15) is 0 Å². The van der Waals surface area contributed by atoms with Gasteiger partial charge >= 0.3 is 0 Å². The lowest BCUT2D eigenvalue weighted by atomic mass is 10.0. The number of amides is 2. The summed E-state index contributed by atoms with van der Waals surface area (Å²) in [6, 6.07) is 13.0. The minimum Gasteiger partial charge on any atom is -0.352 e. The standard InChI is InChI=1S/C24H31ClN2O2/c1-6-18(4)26-24(29)19(5)27(15-21-9-7-8-10-22(21)25)23(28)14-20-12-16(2)11-17(3)13-20/h7-13,18-19H,6,14-15H2,1-5H3,(H,26,29)/t18-,19+/m0/s1. The molecule has 0 unspecified atom stereocenters. The van der Waals surface area contributed by atoms with Crippen LogP contribution in [0.25, 0.3) is 0 Å². The molecule has 0 spiro atoms. The van der Waals surface area contributed by atoms with Gasteiger partial charge in [0, 0.05) is 17.6 Å².